The highest BCUT2D eigenvalue weighted by Gasteiger charge is 2.29. The van der Waals surface area contributed by atoms with Crippen molar-refractivity contribution in [3.8, 4) is 0 Å². The zero-order chi connectivity index (χ0) is 13.9. The van der Waals surface area contributed by atoms with Crippen LogP contribution in [0, 0.1) is 11.8 Å². The molecule has 0 aromatic carbocycles. The van der Waals surface area contributed by atoms with Gasteiger partial charge in [0, 0.05) is 15.8 Å². The van der Waals surface area contributed by atoms with E-state index in [0.717, 1.165) is 18.4 Å². The Hall–Kier alpha value is -0.340. The van der Waals surface area contributed by atoms with Gasteiger partial charge in [-0.2, -0.15) is 0 Å². The largest absolute Gasteiger partial charge is 0.309 e. The fourth-order valence-corrected chi connectivity index (χ4v) is 5.58. The SMILES string of the molecule is CCNC(c1cc2c(s1)CCC2)C1CCC(CC)CC1. The Balaban J connectivity index is 1.71. The molecular formula is C18H29NS. The predicted octanol–water partition coefficient (Wildman–Crippen LogP) is 5.10. The maximum absolute atomic E-state index is 3.80. The van der Waals surface area contributed by atoms with E-state index in [1.807, 2.05) is 0 Å². The van der Waals surface area contributed by atoms with Gasteiger partial charge < -0.3 is 5.32 Å². The molecule has 1 atom stereocenters. The zero-order valence-electron chi connectivity index (χ0n) is 13.1. The van der Waals surface area contributed by atoms with E-state index in [0.29, 0.717) is 6.04 Å². The maximum atomic E-state index is 3.80. The van der Waals surface area contributed by atoms with Crippen LogP contribution in [0.5, 0.6) is 0 Å². The summed E-state index contributed by atoms with van der Waals surface area (Å²) in [7, 11) is 0. The second kappa shape index (κ2) is 6.62. The minimum absolute atomic E-state index is 0.633. The molecule has 1 unspecified atom stereocenters. The molecule has 2 aliphatic carbocycles. The molecular weight excluding hydrogens is 262 g/mol. The van der Waals surface area contributed by atoms with Gasteiger partial charge in [0.15, 0.2) is 0 Å². The number of fused-ring (bicyclic) bond motifs is 1. The molecule has 1 saturated carbocycles. The minimum Gasteiger partial charge on any atom is -0.309 e. The Bertz CT molecular complexity index is 407. The highest BCUT2D eigenvalue weighted by molar-refractivity contribution is 7.12. The van der Waals surface area contributed by atoms with Crippen LogP contribution >= 0.6 is 11.3 Å². The molecule has 1 fully saturated rings. The molecule has 1 aromatic rings. The van der Waals surface area contributed by atoms with Crippen LogP contribution < -0.4 is 5.32 Å². The van der Waals surface area contributed by atoms with Crippen molar-refractivity contribution < 1.29 is 0 Å². The Morgan fingerprint density at radius 1 is 1.20 bits per heavy atom. The number of rotatable bonds is 5. The lowest BCUT2D eigenvalue weighted by Gasteiger charge is -2.33. The standard InChI is InChI=1S/C18H29NS/c1-3-13-8-10-14(11-9-13)18(19-4-2)17-12-15-6-5-7-16(15)20-17/h12-14,18-19H,3-11H2,1-2H3. The van der Waals surface area contributed by atoms with Gasteiger partial charge in [-0.3, -0.25) is 0 Å². The molecule has 112 valence electrons. The predicted molar refractivity (Wildman–Crippen MR) is 88.5 cm³/mol. The molecule has 1 N–H and O–H groups in total. The van der Waals surface area contributed by atoms with E-state index in [1.54, 1.807) is 15.3 Å². The molecule has 1 heterocycles. The molecule has 0 radical (unpaired) electrons. The second-order valence-electron chi connectivity index (χ2n) is 6.68. The van der Waals surface area contributed by atoms with Crippen molar-refractivity contribution in [1.29, 1.82) is 0 Å². The van der Waals surface area contributed by atoms with Crippen LogP contribution in [0.4, 0.5) is 0 Å². The van der Waals surface area contributed by atoms with Gasteiger partial charge in [0.2, 0.25) is 0 Å². The quantitative estimate of drug-likeness (QED) is 0.795. The van der Waals surface area contributed by atoms with Gasteiger partial charge in [-0.1, -0.05) is 33.1 Å². The Morgan fingerprint density at radius 3 is 2.65 bits per heavy atom. The van der Waals surface area contributed by atoms with Crippen LogP contribution in [0.1, 0.15) is 73.7 Å². The molecule has 2 aliphatic rings. The monoisotopic (exact) mass is 291 g/mol. The molecule has 3 rings (SSSR count). The lowest BCUT2D eigenvalue weighted by molar-refractivity contribution is 0.222. The highest BCUT2D eigenvalue weighted by atomic mass is 32.1. The summed E-state index contributed by atoms with van der Waals surface area (Å²) in [5, 5.41) is 3.80. The van der Waals surface area contributed by atoms with Crippen molar-refractivity contribution in [2.45, 2.75) is 71.3 Å². The Labute approximate surface area is 128 Å². The fraction of sp³-hybridized carbons (Fsp3) is 0.778. The third-order valence-corrected chi connectivity index (χ3v) is 6.76. The molecule has 0 saturated heterocycles. The summed E-state index contributed by atoms with van der Waals surface area (Å²) in [5.41, 5.74) is 1.66. The summed E-state index contributed by atoms with van der Waals surface area (Å²) in [6.07, 6.45) is 11.2. The van der Waals surface area contributed by atoms with Crippen LogP contribution in [0.15, 0.2) is 6.07 Å². The average molecular weight is 292 g/mol. The van der Waals surface area contributed by atoms with E-state index in [1.165, 1.54) is 51.4 Å². The van der Waals surface area contributed by atoms with Gasteiger partial charge in [0.05, 0.1) is 0 Å². The minimum atomic E-state index is 0.633. The van der Waals surface area contributed by atoms with Gasteiger partial charge in [0.1, 0.15) is 0 Å². The number of hydrogen-bond donors (Lipinski definition) is 1. The van der Waals surface area contributed by atoms with Crippen LogP contribution in [-0.2, 0) is 12.8 Å². The van der Waals surface area contributed by atoms with Crippen molar-refractivity contribution in [3.05, 3.63) is 21.4 Å². The van der Waals surface area contributed by atoms with Crippen molar-refractivity contribution in [2.75, 3.05) is 6.54 Å². The fourth-order valence-electron chi connectivity index (χ4n) is 4.15. The third-order valence-electron chi connectivity index (χ3n) is 5.44. The summed E-state index contributed by atoms with van der Waals surface area (Å²) < 4.78 is 0. The van der Waals surface area contributed by atoms with E-state index in [4.69, 9.17) is 0 Å². The first-order valence-corrected chi connectivity index (χ1v) is 9.48. The van der Waals surface area contributed by atoms with E-state index in [-0.39, 0.29) is 0 Å². The van der Waals surface area contributed by atoms with E-state index in [9.17, 15) is 0 Å². The van der Waals surface area contributed by atoms with Crippen molar-refractivity contribution in [3.63, 3.8) is 0 Å². The number of hydrogen-bond acceptors (Lipinski definition) is 2. The maximum Gasteiger partial charge on any atom is 0.0443 e. The summed E-state index contributed by atoms with van der Waals surface area (Å²) in [4.78, 5) is 3.32. The van der Waals surface area contributed by atoms with Crippen molar-refractivity contribution in [1.82, 2.24) is 5.32 Å². The zero-order valence-corrected chi connectivity index (χ0v) is 13.9. The smallest absolute Gasteiger partial charge is 0.0443 e. The van der Waals surface area contributed by atoms with Gasteiger partial charge in [-0.05, 0) is 62.1 Å². The molecule has 0 amide bonds. The van der Waals surface area contributed by atoms with Crippen LogP contribution in [0.2, 0.25) is 0 Å². The molecule has 2 heteroatoms. The molecule has 0 spiro atoms. The second-order valence-corrected chi connectivity index (χ2v) is 7.84. The first-order chi connectivity index (χ1) is 9.81. The molecule has 1 aromatic heterocycles. The topological polar surface area (TPSA) is 12.0 Å². The molecule has 1 nitrogen and oxygen atoms in total. The average Bonchev–Trinajstić information content (AvgIpc) is 3.06. The van der Waals surface area contributed by atoms with E-state index >= 15 is 0 Å². The molecule has 20 heavy (non-hydrogen) atoms. The summed E-state index contributed by atoms with van der Waals surface area (Å²) in [6.45, 7) is 5.71. The normalized spacial score (nSPS) is 27.5. The lowest BCUT2D eigenvalue weighted by atomic mass is 9.77. The summed E-state index contributed by atoms with van der Waals surface area (Å²) >= 11 is 2.11. The molecule has 0 bridgehead atoms. The highest BCUT2D eigenvalue weighted by Crippen LogP contribution is 2.42. The lowest BCUT2D eigenvalue weighted by Crippen LogP contribution is -2.30. The molecule has 0 aliphatic heterocycles. The van der Waals surface area contributed by atoms with Crippen molar-refractivity contribution >= 4 is 11.3 Å². The first kappa shape index (κ1) is 14.6. The van der Waals surface area contributed by atoms with Gasteiger partial charge in [-0.15, -0.1) is 11.3 Å². The van der Waals surface area contributed by atoms with E-state index in [2.05, 4.69) is 36.6 Å². The first-order valence-electron chi connectivity index (χ1n) is 8.66. The van der Waals surface area contributed by atoms with Crippen LogP contribution in [0.3, 0.4) is 0 Å². The van der Waals surface area contributed by atoms with Crippen molar-refractivity contribution in [2.24, 2.45) is 11.8 Å². The van der Waals surface area contributed by atoms with Crippen LogP contribution in [-0.4, -0.2) is 6.54 Å². The number of nitrogens with one attached hydrogen (secondary N) is 1. The Morgan fingerprint density at radius 2 is 2.00 bits per heavy atom. The Kier molecular flexibility index (Phi) is 4.83. The summed E-state index contributed by atoms with van der Waals surface area (Å²) in [5.74, 6) is 1.87. The van der Waals surface area contributed by atoms with E-state index < -0.39 is 0 Å². The third kappa shape index (κ3) is 2.96. The van der Waals surface area contributed by atoms with Gasteiger partial charge in [-0.25, -0.2) is 0 Å². The number of aryl methyl sites for hydroxylation is 2. The summed E-state index contributed by atoms with van der Waals surface area (Å²) in [6, 6.07) is 3.17. The number of thiophene rings is 1. The van der Waals surface area contributed by atoms with Gasteiger partial charge in [0.25, 0.3) is 0 Å². The van der Waals surface area contributed by atoms with Gasteiger partial charge >= 0.3 is 0 Å². The van der Waals surface area contributed by atoms with Crippen LogP contribution in [0.25, 0.3) is 0 Å².